The number of hydrogen-bond acceptors (Lipinski definition) is 3. The third kappa shape index (κ3) is 7.30. The Kier molecular flexibility index (Phi) is 8.90. The Morgan fingerprint density at radius 2 is 1.28 bits per heavy atom. The first kappa shape index (κ1) is 25.2. The van der Waals surface area contributed by atoms with Crippen LogP contribution in [0.4, 0.5) is 0 Å². The van der Waals surface area contributed by atoms with Crippen LogP contribution in [0.15, 0.2) is 109 Å². The van der Waals surface area contributed by atoms with Crippen LogP contribution in [0, 0.1) is 5.92 Å². The molecule has 0 saturated heterocycles. The second-order valence-electron chi connectivity index (χ2n) is 9.09. The van der Waals surface area contributed by atoms with E-state index in [1.165, 1.54) is 5.56 Å². The molecule has 2 atom stereocenters. The number of ether oxygens (including phenoxy) is 1. The number of carboxylic acids is 1. The Morgan fingerprint density at radius 1 is 0.722 bits per heavy atom. The first-order valence-corrected chi connectivity index (χ1v) is 12.4. The van der Waals surface area contributed by atoms with Crippen LogP contribution in [-0.4, -0.2) is 16.2 Å². The molecule has 4 nitrogen and oxygen atoms in total. The fraction of sp³-hybridized carbons (Fsp3) is 0.219. The number of aryl methyl sites for hydroxylation is 1. The smallest absolute Gasteiger partial charge is 0.306 e. The Morgan fingerprint density at radius 3 is 1.86 bits per heavy atom. The third-order valence-electron chi connectivity index (χ3n) is 6.45. The van der Waals surface area contributed by atoms with Crippen LogP contribution in [0.3, 0.4) is 0 Å². The van der Waals surface area contributed by atoms with Gasteiger partial charge in [0.25, 0.3) is 0 Å². The van der Waals surface area contributed by atoms with Crippen molar-refractivity contribution in [3.05, 3.63) is 126 Å². The van der Waals surface area contributed by atoms with Gasteiger partial charge < -0.3 is 14.9 Å². The van der Waals surface area contributed by atoms with Crippen molar-refractivity contribution in [3.63, 3.8) is 0 Å². The van der Waals surface area contributed by atoms with Gasteiger partial charge in [0.05, 0.1) is 12.0 Å². The van der Waals surface area contributed by atoms with Crippen LogP contribution in [-0.2, 0) is 17.8 Å². The molecule has 0 spiro atoms. The minimum atomic E-state index is -0.853. The van der Waals surface area contributed by atoms with Crippen molar-refractivity contribution in [3.8, 4) is 16.9 Å². The molecule has 0 saturated carbocycles. The lowest BCUT2D eigenvalue weighted by atomic mass is 9.91. The van der Waals surface area contributed by atoms with Crippen molar-refractivity contribution in [2.45, 2.75) is 38.4 Å². The van der Waals surface area contributed by atoms with Gasteiger partial charge in [-0.1, -0.05) is 97.1 Å². The van der Waals surface area contributed by atoms with Gasteiger partial charge in [-0.05, 0) is 65.6 Å². The highest BCUT2D eigenvalue weighted by atomic mass is 16.5. The molecule has 4 heteroatoms. The summed E-state index contributed by atoms with van der Waals surface area (Å²) in [5, 5.41) is 20.4. The molecule has 0 aromatic heterocycles. The van der Waals surface area contributed by atoms with Crippen LogP contribution < -0.4 is 4.74 Å². The fourth-order valence-corrected chi connectivity index (χ4v) is 4.33. The van der Waals surface area contributed by atoms with E-state index in [1.807, 2.05) is 97.1 Å². The molecular weight excluding hydrogens is 448 g/mol. The quantitative estimate of drug-likeness (QED) is 0.227. The van der Waals surface area contributed by atoms with E-state index in [0.29, 0.717) is 13.0 Å². The molecule has 2 unspecified atom stereocenters. The molecule has 0 bridgehead atoms. The molecule has 4 aromatic carbocycles. The van der Waals surface area contributed by atoms with Gasteiger partial charge in [-0.15, -0.1) is 0 Å². The number of rotatable bonds is 12. The Labute approximate surface area is 212 Å². The summed E-state index contributed by atoms with van der Waals surface area (Å²) in [6, 6.07) is 35.7. The number of hydrogen-bond donors (Lipinski definition) is 2. The van der Waals surface area contributed by atoms with Gasteiger partial charge in [0, 0.05) is 0 Å². The van der Waals surface area contributed by atoms with Gasteiger partial charge in [-0.3, -0.25) is 4.79 Å². The van der Waals surface area contributed by atoms with E-state index in [0.717, 1.165) is 40.8 Å². The van der Waals surface area contributed by atoms with E-state index >= 15 is 0 Å². The topological polar surface area (TPSA) is 66.8 Å². The van der Waals surface area contributed by atoms with Crippen molar-refractivity contribution < 1.29 is 19.7 Å². The molecule has 4 aromatic rings. The van der Waals surface area contributed by atoms with Crippen LogP contribution >= 0.6 is 0 Å². The van der Waals surface area contributed by atoms with E-state index in [2.05, 4.69) is 12.1 Å². The van der Waals surface area contributed by atoms with Crippen LogP contribution in [0.5, 0.6) is 5.75 Å². The number of carbonyl (C=O) groups is 1. The lowest BCUT2D eigenvalue weighted by Crippen LogP contribution is -2.17. The lowest BCUT2D eigenvalue weighted by molar-refractivity contribution is -0.143. The summed E-state index contributed by atoms with van der Waals surface area (Å²) in [7, 11) is 0. The van der Waals surface area contributed by atoms with Gasteiger partial charge in [-0.2, -0.15) is 0 Å². The Bertz CT molecular complexity index is 1200. The zero-order valence-corrected chi connectivity index (χ0v) is 20.3. The molecule has 0 fully saturated rings. The largest absolute Gasteiger partial charge is 0.489 e. The number of aliphatic hydroxyl groups is 1. The van der Waals surface area contributed by atoms with Gasteiger partial charge in [-0.25, -0.2) is 0 Å². The molecule has 184 valence electrons. The summed E-state index contributed by atoms with van der Waals surface area (Å²) in [6.07, 6.45) is 1.55. The van der Waals surface area contributed by atoms with Crippen molar-refractivity contribution >= 4 is 5.97 Å². The highest BCUT2D eigenvalue weighted by molar-refractivity contribution is 5.70. The average Bonchev–Trinajstić information content (AvgIpc) is 2.93. The van der Waals surface area contributed by atoms with E-state index in [-0.39, 0.29) is 6.42 Å². The molecule has 0 aliphatic rings. The van der Waals surface area contributed by atoms with E-state index in [9.17, 15) is 15.0 Å². The Balaban J connectivity index is 1.30. The number of aliphatic hydroxyl groups excluding tert-OH is 1. The van der Waals surface area contributed by atoms with Crippen LogP contribution in [0.1, 0.15) is 42.1 Å². The molecule has 0 heterocycles. The molecule has 36 heavy (non-hydrogen) atoms. The van der Waals surface area contributed by atoms with Crippen LogP contribution in [0.25, 0.3) is 11.1 Å². The zero-order valence-electron chi connectivity index (χ0n) is 20.3. The number of carboxylic acid groups (broad SMARTS) is 1. The van der Waals surface area contributed by atoms with Crippen molar-refractivity contribution in [1.82, 2.24) is 0 Å². The van der Waals surface area contributed by atoms with Gasteiger partial charge in [0.1, 0.15) is 12.4 Å². The maximum Gasteiger partial charge on any atom is 0.306 e. The molecule has 0 radical (unpaired) electrons. The predicted octanol–water partition coefficient (Wildman–Crippen LogP) is 7.08. The third-order valence-corrected chi connectivity index (χ3v) is 6.45. The molecule has 0 aliphatic carbocycles. The molecule has 4 rings (SSSR count). The van der Waals surface area contributed by atoms with Crippen molar-refractivity contribution in [2.75, 3.05) is 0 Å². The normalized spacial score (nSPS) is 12.6. The van der Waals surface area contributed by atoms with Gasteiger partial charge >= 0.3 is 5.97 Å². The first-order valence-electron chi connectivity index (χ1n) is 12.4. The minimum Gasteiger partial charge on any atom is -0.489 e. The monoisotopic (exact) mass is 480 g/mol. The standard InChI is InChI=1S/C32H32O4/c33-31(22-29(32(34)35)13-7-12-24-8-3-1-4-9-24)28-16-14-26(15-17-28)27-18-20-30(21-19-27)36-23-25-10-5-2-6-11-25/h1-6,8-11,14-21,29,31,33H,7,12-13,22-23H2,(H,34,35). The zero-order chi connectivity index (χ0) is 25.2. The maximum absolute atomic E-state index is 11.8. The summed E-state index contributed by atoms with van der Waals surface area (Å²) in [4.78, 5) is 11.8. The second-order valence-corrected chi connectivity index (χ2v) is 9.09. The fourth-order valence-electron chi connectivity index (χ4n) is 4.33. The summed E-state index contributed by atoms with van der Waals surface area (Å²) < 4.78 is 5.86. The number of aliphatic carboxylic acids is 1. The van der Waals surface area contributed by atoms with Crippen LogP contribution in [0.2, 0.25) is 0 Å². The molecular formula is C32H32O4. The first-order chi connectivity index (χ1) is 17.6. The molecule has 0 aliphatic heterocycles. The summed E-state index contributed by atoms with van der Waals surface area (Å²) in [5.74, 6) is -0.623. The van der Waals surface area contributed by atoms with Crippen molar-refractivity contribution in [2.24, 2.45) is 5.92 Å². The van der Waals surface area contributed by atoms with Crippen molar-refractivity contribution in [1.29, 1.82) is 0 Å². The van der Waals surface area contributed by atoms with E-state index in [4.69, 9.17) is 4.74 Å². The highest BCUT2D eigenvalue weighted by Gasteiger charge is 2.22. The van der Waals surface area contributed by atoms with E-state index in [1.54, 1.807) is 0 Å². The van der Waals surface area contributed by atoms with Gasteiger partial charge in [0.2, 0.25) is 0 Å². The summed E-state index contributed by atoms with van der Waals surface area (Å²) in [5.41, 5.74) is 5.13. The van der Waals surface area contributed by atoms with Gasteiger partial charge in [0.15, 0.2) is 0 Å². The average molecular weight is 481 g/mol. The summed E-state index contributed by atoms with van der Waals surface area (Å²) >= 11 is 0. The number of benzene rings is 4. The molecule has 2 N–H and O–H groups in total. The summed E-state index contributed by atoms with van der Waals surface area (Å²) in [6.45, 7) is 0.524. The molecule has 0 amide bonds. The SMILES string of the molecule is O=C(O)C(CCCc1ccccc1)CC(O)c1ccc(-c2ccc(OCc3ccccc3)cc2)cc1. The predicted molar refractivity (Wildman–Crippen MR) is 143 cm³/mol. The highest BCUT2D eigenvalue weighted by Crippen LogP contribution is 2.28. The maximum atomic E-state index is 11.8. The minimum absolute atomic E-state index is 0.205. The lowest BCUT2D eigenvalue weighted by Gasteiger charge is -2.17. The Hall–Kier alpha value is -3.89. The second kappa shape index (κ2) is 12.7. The van der Waals surface area contributed by atoms with E-state index < -0.39 is 18.0 Å².